The molecule has 1 fully saturated rings. The third kappa shape index (κ3) is 6.07. The minimum Gasteiger partial charge on any atom is -0.492 e. The lowest BCUT2D eigenvalue weighted by atomic mass is 10.3. The van der Waals surface area contributed by atoms with Crippen molar-refractivity contribution in [3.05, 3.63) is 28.7 Å². The first-order valence-corrected chi connectivity index (χ1v) is 9.52. The van der Waals surface area contributed by atoms with Gasteiger partial charge in [-0.3, -0.25) is 14.6 Å². The summed E-state index contributed by atoms with van der Waals surface area (Å²) < 4.78 is 6.83. The molecule has 24 heavy (non-hydrogen) atoms. The highest BCUT2D eigenvalue weighted by molar-refractivity contribution is 9.10. The van der Waals surface area contributed by atoms with E-state index < -0.39 is 0 Å². The Kier molecular flexibility index (Phi) is 8.02. The van der Waals surface area contributed by atoms with Crippen molar-refractivity contribution in [1.29, 1.82) is 0 Å². The molecule has 1 heterocycles. The first-order chi connectivity index (χ1) is 11.6. The van der Waals surface area contributed by atoms with Gasteiger partial charge < -0.3 is 9.64 Å². The summed E-state index contributed by atoms with van der Waals surface area (Å²) >= 11 is 3.45. The Hall–Kier alpha value is -1.11. The van der Waals surface area contributed by atoms with Crippen molar-refractivity contribution < 1.29 is 9.53 Å². The Morgan fingerprint density at radius 1 is 1.17 bits per heavy atom. The maximum Gasteiger partial charge on any atom is 0.236 e. The van der Waals surface area contributed by atoms with E-state index in [0.29, 0.717) is 13.2 Å². The first-order valence-electron chi connectivity index (χ1n) is 8.73. The van der Waals surface area contributed by atoms with Crippen LogP contribution in [0.25, 0.3) is 0 Å². The highest BCUT2D eigenvalue weighted by atomic mass is 79.9. The molecule has 1 aliphatic rings. The molecule has 0 unspecified atom stereocenters. The van der Waals surface area contributed by atoms with Gasteiger partial charge in [0.15, 0.2) is 0 Å². The molecule has 1 aromatic rings. The third-order valence-corrected chi connectivity index (χ3v) is 4.91. The summed E-state index contributed by atoms with van der Waals surface area (Å²) in [6, 6.07) is 7.93. The lowest BCUT2D eigenvalue weighted by Crippen LogP contribution is -2.50. The summed E-state index contributed by atoms with van der Waals surface area (Å²) in [5.41, 5.74) is 0. The van der Waals surface area contributed by atoms with Crippen LogP contribution in [-0.4, -0.2) is 79.6 Å². The molecule has 134 valence electrons. The third-order valence-electron chi connectivity index (χ3n) is 4.41. The zero-order valence-electron chi connectivity index (χ0n) is 14.7. The zero-order chi connectivity index (χ0) is 17.4. The van der Waals surface area contributed by atoms with Crippen molar-refractivity contribution in [1.82, 2.24) is 14.7 Å². The van der Waals surface area contributed by atoms with Gasteiger partial charge in [0.25, 0.3) is 0 Å². The molecule has 0 aliphatic carbocycles. The van der Waals surface area contributed by atoms with Crippen LogP contribution in [0.5, 0.6) is 5.75 Å². The van der Waals surface area contributed by atoms with E-state index in [0.717, 1.165) is 56.0 Å². The lowest BCUT2D eigenvalue weighted by Gasteiger charge is -2.35. The van der Waals surface area contributed by atoms with Crippen LogP contribution in [0.2, 0.25) is 0 Å². The van der Waals surface area contributed by atoms with Gasteiger partial charge in [-0.1, -0.05) is 22.0 Å². The summed E-state index contributed by atoms with van der Waals surface area (Å²) in [6.45, 7) is 11.7. The van der Waals surface area contributed by atoms with E-state index in [2.05, 4.69) is 25.7 Å². The Morgan fingerprint density at radius 2 is 1.83 bits per heavy atom. The van der Waals surface area contributed by atoms with Crippen molar-refractivity contribution in [2.24, 2.45) is 0 Å². The summed E-state index contributed by atoms with van der Waals surface area (Å²) in [5.74, 6) is 1.14. The van der Waals surface area contributed by atoms with Gasteiger partial charge in [0.1, 0.15) is 12.4 Å². The molecule has 1 aliphatic heterocycles. The predicted octanol–water partition coefficient (Wildman–Crippen LogP) is 2.31. The number of ether oxygens (including phenoxy) is 1. The second kappa shape index (κ2) is 10.0. The number of rotatable bonds is 8. The maximum atomic E-state index is 12.2. The average molecular weight is 398 g/mol. The van der Waals surface area contributed by atoms with E-state index >= 15 is 0 Å². The number of hydrogen-bond acceptors (Lipinski definition) is 4. The van der Waals surface area contributed by atoms with Gasteiger partial charge in [-0.25, -0.2) is 0 Å². The molecule has 0 N–H and O–H groups in total. The van der Waals surface area contributed by atoms with Gasteiger partial charge in [0.05, 0.1) is 6.54 Å². The van der Waals surface area contributed by atoms with Gasteiger partial charge in [-0.15, -0.1) is 0 Å². The fraction of sp³-hybridized carbons (Fsp3) is 0.611. The molecule has 1 amide bonds. The van der Waals surface area contributed by atoms with Crippen LogP contribution in [0.4, 0.5) is 0 Å². The number of nitrogens with zero attached hydrogens (tertiary/aromatic N) is 3. The molecule has 0 aromatic heterocycles. The average Bonchev–Trinajstić information content (AvgIpc) is 2.58. The smallest absolute Gasteiger partial charge is 0.236 e. The van der Waals surface area contributed by atoms with Gasteiger partial charge in [0, 0.05) is 50.3 Å². The second-order valence-corrected chi connectivity index (χ2v) is 6.91. The minimum absolute atomic E-state index is 0.242. The second-order valence-electron chi connectivity index (χ2n) is 5.99. The Labute approximate surface area is 153 Å². The maximum absolute atomic E-state index is 12.2. The number of piperazine rings is 1. The SMILES string of the molecule is CCN(CC)C(=O)CN1CCN(CCOc2cccc(Br)c2)CC1. The standard InChI is InChI=1S/C18H28BrN3O2/c1-3-22(4-2)18(23)15-21-10-8-20(9-11-21)12-13-24-17-7-5-6-16(19)14-17/h5-7,14H,3-4,8-13,15H2,1-2H3. The molecule has 2 rings (SSSR count). The number of carbonyl (C=O) groups excluding carboxylic acids is 1. The Morgan fingerprint density at radius 3 is 2.46 bits per heavy atom. The van der Waals surface area contributed by atoms with Crippen LogP contribution in [0.15, 0.2) is 28.7 Å². The molecule has 1 aromatic carbocycles. The quantitative estimate of drug-likeness (QED) is 0.674. The molecule has 5 nitrogen and oxygen atoms in total. The van der Waals surface area contributed by atoms with Crippen LogP contribution in [0, 0.1) is 0 Å². The summed E-state index contributed by atoms with van der Waals surface area (Å²) in [6.07, 6.45) is 0. The molecular formula is C18H28BrN3O2. The van der Waals surface area contributed by atoms with Crippen molar-refractivity contribution in [3.8, 4) is 5.75 Å². The van der Waals surface area contributed by atoms with E-state index in [4.69, 9.17) is 4.74 Å². The van der Waals surface area contributed by atoms with E-state index in [-0.39, 0.29) is 5.91 Å². The van der Waals surface area contributed by atoms with E-state index in [1.807, 2.05) is 43.0 Å². The van der Waals surface area contributed by atoms with Crippen molar-refractivity contribution >= 4 is 21.8 Å². The summed E-state index contributed by atoms with van der Waals surface area (Å²) in [5, 5.41) is 0. The Balaban J connectivity index is 1.65. The fourth-order valence-electron chi connectivity index (χ4n) is 2.89. The predicted molar refractivity (Wildman–Crippen MR) is 100 cm³/mol. The number of hydrogen-bond donors (Lipinski definition) is 0. The minimum atomic E-state index is 0.242. The van der Waals surface area contributed by atoms with Crippen LogP contribution in [0.3, 0.4) is 0 Å². The van der Waals surface area contributed by atoms with Crippen molar-refractivity contribution in [2.45, 2.75) is 13.8 Å². The Bertz CT molecular complexity index is 515. The molecule has 0 saturated carbocycles. The molecular weight excluding hydrogens is 370 g/mol. The molecule has 0 atom stereocenters. The molecule has 0 radical (unpaired) electrons. The van der Waals surface area contributed by atoms with Gasteiger partial charge in [0.2, 0.25) is 5.91 Å². The molecule has 6 heteroatoms. The van der Waals surface area contributed by atoms with E-state index in [9.17, 15) is 4.79 Å². The number of likely N-dealkylation sites (N-methyl/N-ethyl adjacent to an activating group) is 1. The number of carbonyl (C=O) groups is 1. The lowest BCUT2D eigenvalue weighted by molar-refractivity contribution is -0.132. The van der Waals surface area contributed by atoms with Crippen LogP contribution >= 0.6 is 15.9 Å². The largest absolute Gasteiger partial charge is 0.492 e. The van der Waals surface area contributed by atoms with Crippen LogP contribution < -0.4 is 4.74 Å². The van der Waals surface area contributed by atoms with Crippen molar-refractivity contribution in [2.75, 3.05) is 59.0 Å². The fourth-order valence-corrected chi connectivity index (χ4v) is 3.27. The topological polar surface area (TPSA) is 36.0 Å². The van der Waals surface area contributed by atoms with Gasteiger partial charge in [-0.2, -0.15) is 0 Å². The number of benzene rings is 1. The van der Waals surface area contributed by atoms with Crippen LogP contribution in [0.1, 0.15) is 13.8 Å². The van der Waals surface area contributed by atoms with Gasteiger partial charge >= 0.3 is 0 Å². The van der Waals surface area contributed by atoms with E-state index in [1.54, 1.807) is 0 Å². The monoisotopic (exact) mass is 397 g/mol. The molecule has 0 bridgehead atoms. The number of halogens is 1. The van der Waals surface area contributed by atoms with Crippen molar-refractivity contribution in [3.63, 3.8) is 0 Å². The zero-order valence-corrected chi connectivity index (χ0v) is 16.3. The summed E-state index contributed by atoms with van der Waals surface area (Å²) in [7, 11) is 0. The normalized spacial score (nSPS) is 16.1. The van der Waals surface area contributed by atoms with Crippen LogP contribution in [-0.2, 0) is 4.79 Å². The first kappa shape index (κ1) is 19.2. The summed E-state index contributed by atoms with van der Waals surface area (Å²) in [4.78, 5) is 18.7. The molecule has 1 saturated heterocycles. The number of amides is 1. The molecule has 0 spiro atoms. The highest BCUT2D eigenvalue weighted by Crippen LogP contribution is 2.17. The highest BCUT2D eigenvalue weighted by Gasteiger charge is 2.20. The van der Waals surface area contributed by atoms with E-state index in [1.165, 1.54) is 0 Å². The van der Waals surface area contributed by atoms with Gasteiger partial charge in [-0.05, 0) is 32.0 Å².